The lowest BCUT2D eigenvalue weighted by molar-refractivity contribution is -0.109. The Balaban J connectivity index is 1.55. The number of rotatable bonds is 12. The Morgan fingerprint density at radius 1 is 1.27 bits per heavy atom. The molecule has 0 spiro atoms. The van der Waals surface area contributed by atoms with Gasteiger partial charge in [0.05, 0.1) is 6.20 Å². The van der Waals surface area contributed by atoms with Gasteiger partial charge in [0.25, 0.3) is 0 Å². The lowest BCUT2D eigenvalue weighted by Gasteiger charge is -2.18. The predicted molar refractivity (Wildman–Crippen MR) is 131 cm³/mol. The van der Waals surface area contributed by atoms with E-state index in [0.29, 0.717) is 13.1 Å². The molecule has 7 heteroatoms. The molecule has 0 saturated carbocycles. The number of allylic oxidation sites excluding steroid dienone is 6. The zero-order chi connectivity index (χ0) is 22.9. The van der Waals surface area contributed by atoms with Crippen molar-refractivity contribution in [2.24, 2.45) is 0 Å². The highest BCUT2D eigenvalue weighted by atomic mass is 16.1. The van der Waals surface area contributed by atoms with Crippen LogP contribution in [-0.2, 0) is 11.3 Å². The van der Waals surface area contributed by atoms with Crippen LogP contribution >= 0.6 is 0 Å². The molecule has 0 aliphatic heterocycles. The maximum absolute atomic E-state index is 10.8. The fourth-order valence-corrected chi connectivity index (χ4v) is 4.00. The number of anilines is 1. The topological polar surface area (TPSA) is 84.2 Å². The second-order valence-corrected chi connectivity index (χ2v) is 8.26. The van der Waals surface area contributed by atoms with Crippen LogP contribution in [0.2, 0.25) is 0 Å². The molecule has 170 valence electrons. The molecule has 0 fully saturated rings. The van der Waals surface area contributed by atoms with Crippen molar-refractivity contribution in [2.75, 3.05) is 11.9 Å². The standard InChI is InChI=1S/C26H30N6O/c1-20-16-30-32-25(29-18-22-10-6-13-27-17-22)15-24(31-26(20)32)23(12-14-28-19-33)11-5-4-9-21-7-2-3-8-21/h2-4,6-7,9-10,13,15-17,19,23,29H,5,8,11-12,14,18H2,1H3,(H,28,33)/b9-4+. The molecule has 1 amide bonds. The van der Waals surface area contributed by atoms with Crippen molar-refractivity contribution < 1.29 is 4.79 Å². The van der Waals surface area contributed by atoms with E-state index in [-0.39, 0.29) is 5.92 Å². The van der Waals surface area contributed by atoms with Gasteiger partial charge in [-0.3, -0.25) is 9.78 Å². The van der Waals surface area contributed by atoms with Gasteiger partial charge in [0.15, 0.2) is 5.65 Å². The second-order valence-electron chi connectivity index (χ2n) is 8.26. The number of fused-ring (bicyclic) bond motifs is 1. The first-order valence-electron chi connectivity index (χ1n) is 11.4. The molecule has 1 unspecified atom stereocenters. The minimum atomic E-state index is 0.219. The van der Waals surface area contributed by atoms with Gasteiger partial charge in [0.1, 0.15) is 5.82 Å². The number of nitrogens with one attached hydrogen (secondary N) is 2. The normalized spacial score (nSPS) is 14.0. The summed E-state index contributed by atoms with van der Waals surface area (Å²) in [6.45, 7) is 3.30. The number of amides is 1. The number of pyridine rings is 1. The molecular weight excluding hydrogens is 412 g/mol. The Kier molecular flexibility index (Phi) is 7.64. The number of nitrogens with zero attached hydrogens (tertiary/aromatic N) is 4. The quantitative estimate of drug-likeness (QED) is 0.319. The smallest absolute Gasteiger partial charge is 0.207 e. The highest BCUT2D eigenvalue weighted by Crippen LogP contribution is 2.28. The van der Waals surface area contributed by atoms with E-state index < -0.39 is 0 Å². The highest BCUT2D eigenvalue weighted by Gasteiger charge is 2.17. The SMILES string of the molecule is Cc1cnn2c(NCc3cccnc3)cc(C(CC/C=C/C3=CC=CC3)CCNC=O)nc12. The Labute approximate surface area is 194 Å². The lowest BCUT2D eigenvalue weighted by Crippen LogP contribution is -2.17. The molecule has 1 atom stereocenters. The van der Waals surface area contributed by atoms with E-state index in [1.165, 1.54) is 5.57 Å². The van der Waals surface area contributed by atoms with E-state index in [9.17, 15) is 4.79 Å². The fraction of sp³-hybridized carbons (Fsp3) is 0.308. The summed E-state index contributed by atoms with van der Waals surface area (Å²) in [4.78, 5) is 20.0. The summed E-state index contributed by atoms with van der Waals surface area (Å²) in [5.74, 6) is 1.12. The van der Waals surface area contributed by atoms with E-state index in [1.807, 2.05) is 36.0 Å². The highest BCUT2D eigenvalue weighted by molar-refractivity contribution is 5.54. The maximum atomic E-state index is 10.8. The Morgan fingerprint density at radius 2 is 2.21 bits per heavy atom. The van der Waals surface area contributed by atoms with E-state index in [1.54, 1.807) is 6.20 Å². The van der Waals surface area contributed by atoms with Crippen molar-refractivity contribution in [3.63, 3.8) is 0 Å². The first kappa shape index (κ1) is 22.5. The molecule has 3 heterocycles. The summed E-state index contributed by atoms with van der Waals surface area (Å²) in [6.07, 6.45) is 20.8. The van der Waals surface area contributed by atoms with Crippen LogP contribution in [0.15, 0.2) is 72.7 Å². The first-order valence-corrected chi connectivity index (χ1v) is 11.4. The molecule has 4 rings (SSSR count). The molecule has 3 aromatic heterocycles. The van der Waals surface area contributed by atoms with Gasteiger partial charge in [-0.15, -0.1) is 0 Å². The summed E-state index contributed by atoms with van der Waals surface area (Å²) >= 11 is 0. The minimum Gasteiger partial charge on any atom is -0.366 e. The largest absolute Gasteiger partial charge is 0.366 e. The molecular formula is C26H30N6O. The van der Waals surface area contributed by atoms with Crippen molar-refractivity contribution >= 4 is 17.9 Å². The maximum Gasteiger partial charge on any atom is 0.207 e. The van der Waals surface area contributed by atoms with Gasteiger partial charge in [-0.25, -0.2) is 4.98 Å². The van der Waals surface area contributed by atoms with Crippen molar-refractivity contribution in [3.8, 4) is 0 Å². The van der Waals surface area contributed by atoms with Crippen LogP contribution in [0.4, 0.5) is 5.82 Å². The summed E-state index contributed by atoms with van der Waals surface area (Å²) in [6, 6.07) is 6.07. The number of hydrogen-bond donors (Lipinski definition) is 2. The number of aryl methyl sites for hydroxylation is 1. The Morgan fingerprint density at radius 3 is 3.00 bits per heavy atom. The average Bonchev–Trinajstić information content (AvgIpc) is 3.50. The van der Waals surface area contributed by atoms with E-state index in [4.69, 9.17) is 4.98 Å². The third-order valence-electron chi connectivity index (χ3n) is 5.82. The lowest BCUT2D eigenvalue weighted by atomic mass is 9.94. The zero-order valence-corrected chi connectivity index (χ0v) is 18.9. The van der Waals surface area contributed by atoms with Crippen LogP contribution < -0.4 is 10.6 Å². The van der Waals surface area contributed by atoms with Gasteiger partial charge in [-0.05, 0) is 49.8 Å². The third-order valence-corrected chi connectivity index (χ3v) is 5.82. The number of carbonyl (C=O) groups excluding carboxylic acids is 1. The first-order chi connectivity index (χ1) is 16.2. The number of hydrogen-bond acceptors (Lipinski definition) is 5. The monoisotopic (exact) mass is 442 g/mol. The van der Waals surface area contributed by atoms with Crippen molar-refractivity contribution in [2.45, 2.75) is 45.1 Å². The Hall–Kier alpha value is -3.74. The molecule has 3 aromatic rings. The molecule has 7 nitrogen and oxygen atoms in total. The van der Waals surface area contributed by atoms with E-state index >= 15 is 0 Å². The van der Waals surface area contributed by atoms with Crippen LogP contribution in [0, 0.1) is 6.92 Å². The predicted octanol–water partition coefficient (Wildman–Crippen LogP) is 4.49. The van der Waals surface area contributed by atoms with Crippen molar-refractivity contribution in [1.82, 2.24) is 24.9 Å². The molecule has 0 radical (unpaired) electrons. The van der Waals surface area contributed by atoms with Crippen LogP contribution in [0.5, 0.6) is 0 Å². The van der Waals surface area contributed by atoms with Gasteiger partial charge >= 0.3 is 0 Å². The molecule has 1 aliphatic carbocycles. The molecule has 0 aromatic carbocycles. The van der Waals surface area contributed by atoms with Gasteiger partial charge in [-0.2, -0.15) is 9.61 Å². The second kappa shape index (κ2) is 11.2. The number of aromatic nitrogens is 4. The van der Waals surface area contributed by atoms with Crippen LogP contribution in [-0.4, -0.2) is 32.5 Å². The summed E-state index contributed by atoms with van der Waals surface area (Å²) in [5.41, 5.74) is 5.34. The molecule has 2 N–H and O–H groups in total. The van der Waals surface area contributed by atoms with Crippen LogP contribution in [0.3, 0.4) is 0 Å². The minimum absolute atomic E-state index is 0.219. The van der Waals surface area contributed by atoms with Gasteiger partial charge in [-0.1, -0.05) is 36.4 Å². The summed E-state index contributed by atoms with van der Waals surface area (Å²) in [5, 5.41) is 10.8. The van der Waals surface area contributed by atoms with Crippen LogP contribution in [0.25, 0.3) is 5.65 Å². The molecule has 33 heavy (non-hydrogen) atoms. The molecule has 0 bridgehead atoms. The van der Waals surface area contributed by atoms with Crippen molar-refractivity contribution in [1.29, 1.82) is 0 Å². The molecule has 0 saturated heterocycles. The molecule has 1 aliphatic rings. The van der Waals surface area contributed by atoms with Crippen molar-refractivity contribution in [3.05, 3.63) is 89.6 Å². The van der Waals surface area contributed by atoms with E-state index in [0.717, 1.165) is 60.4 Å². The number of carbonyl (C=O) groups is 1. The summed E-state index contributed by atoms with van der Waals surface area (Å²) < 4.78 is 1.86. The fourth-order valence-electron chi connectivity index (χ4n) is 4.00. The third kappa shape index (κ3) is 5.94. The summed E-state index contributed by atoms with van der Waals surface area (Å²) in [7, 11) is 0. The van der Waals surface area contributed by atoms with Gasteiger partial charge in [0, 0.05) is 48.7 Å². The van der Waals surface area contributed by atoms with E-state index in [2.05, 4.69) is 57.2 Å². The van der Waals surface area contributed by atoms with Gasteiger partial charge in [0.2, 0.25) is 6.41 Å². The Bertz CT molecular complexity index is 1160. The van der Waals surface area contributed by atoms with Crippen LogP contribution in [0.1, 0.15) is 48.4 Å². The zero-order valence-electron chi connectivity index (χ0n) is 18.9. The van der Waals surface area contributed by atoms with Gasteiger partial charge < -0.3 is 10.6 Å². The average molecular weight is 443 g/mol.